The number of unbranched alkanes of at least 4 members (excludes halogenated alkanes) is 1. The quantitative estimate of drug-likeness (QED) is 0.141. The van der Waals surface area contributed by atoms with Gasteiger partial charge in [0, 0.05) is 24.5 Å². The Bertz CT molecular complexity index is 1760. The van der Waals surface area contributed by atoms with E-state index in [0.29, 0.717) is 23.0 Å². The van der Waals surface area contributed by atoms with Crippen molar-refractivity contribution in [2.24, 2.45) is 0 Å². The van der Waals surface area contributed by atoms with E-state index in [-0.39, 0.29) is 23.8 Å². The third-order valence-corrected chi connectivity index (χ3v) is 10.1. The van der Waals surface area contributed by atoms with E-state index in [9.17, 15) is 18.0 Å². The number of ether oxygens (including phenoxy) is 1. The number of amides is 2. The average molecular weight is 676 g/mol. The average Bonchev–Trinajstić information content (AvgIpc) is 3.07. The lowest BCUT2D eigenvalue weighted by atomic mass is 10.0. The summed E-state index contributed by atoms with van der Waals surface area (Å²) in [6.07, 6.45) is 1.92. The molecule has 0 aliphatic rings. The van der Waals surface area contributed by atoms with E-state index < -0.39 is 28.5 Å². The molecule has 248 valence electrons. The molecule has 8 nitrogen and oxygen atoms in total. The first-order valence-corrected chi connectivity index (χ1v) is 17.4. The van der Waals surface area contributed by atoms with E-state index in [2.05, 4.69) is 5.32 Å². The fraction of sp³-hybridized carbons (Fsp3) is 0.297. The second kappa shape index (κ2) is 16.5. The van der Waals surface area contributed by atoms with E-state index in [1.165, 1.54) is 29.2 Å². The summed E-state index contributed by atoms with van der Waals surface area (Å²) in [5.74, 6) is -0.240. The second-order valence-electron chi connectivity index (χ2n) is 11.5. The van der Waals surface area contributed by atoms with Crippen LogP contribution in [0.5, 0.6) is 5.75 Å². The molecular weight excluding hydrogens is 634 g/mol. The van der Waals surface area contributed by atoms with Crippen LogP contribution in [0.3, 0.4) is 0 Å². The summed E-state index contributed by atoms with van der Waals surface area (Å²) in [6, 6.07) is 26.9. The molecule has 0 radical (unpaired) electrons. The predicted molar refractivity (Wildman–Crippen MR) is 187 cm³/mol. The highest BCUT2D eigenvalue weighted by Gasteiger charge is 2.34. The first kappa shape index (κ1) is 35.5. The fourth-order valence-corrected chi connectivity index (χ4v) is 6.70. The minimum Gasteiger partial charge on any atom is -0.497 e. The Balaban J connectivity index is 1.82. The molecule has 1 atom stereocenters. The molecule has 1 N–H and O–H groups in total. The topological polar surface area (TPSA) is 96.0 Å². The first-order chi connectivity index (χ1) is 22.5. The number of hydrogen-bond acceptors (Lipinski definition) is 5. The van der Waals surface area contributed by atoms with Crippen LogP contribution in [-0.4, -0.2) is 51.4 Å². The maximum atomic E-state index is 14.6. The van der Waals surface area contributed by atoms with E-state index >= 15 is 0 Å². The SMILES string of the molecule is CCCCNC(=O)[C@@H](Cc1ccccc1)N(Cc1cccc(OC)c1)C(=O)CN(c1ccc(C)c(C)c1)S(=O)(=O)c1ccc(Cl)cc1. The smallest absolute Gasteiger partial charge is 0.264 e. The number of carbonyl (C=O) groups is 2. The lowest BCUT2D eigenvalue weighted by molar-refractivity contribution is -0.140. The normalized spacial score (nSPS) is 11.9. The van der Waals surface area contributed by atoms with Crippen molar-refractivity contribution in [3.8, 4) is 5.75 Å². The molecule has 0 aliphatic heterocycles. The van der Waals surface area contributed by atoms with Gasteiger partial charge in [-0.1, -0.05) is 73.5 Å². The third kappa shape index (κ3) is 9.36. The van der Waals surface area contributed by atoms with Crippen molar-refractivity contribution in [2.75, 3.05) is 24.5 Å². The maximum absolute atomic E-state index is 14.6. The van der Waals surface area contributed by atoms with Crippen LogP contribution in [-0.2, 0) is 32.6 Å². The summed E-state index contributed by atoms with van der Waals surface area (Å²) in [5.41, 5.74) is 3.79. The van der Waals surface area contributed by atoms with Gasteiger partial charge in [0.1, 0.15) is 18.3 Å². The maximum Gasteiger partial charge on any atom is 0.264 e. The predicted octanol–water partition coefficient (Wildman–Crippen LogP) is 6.72. The molecule has 0 heterocycles. The van der Waals surface area contributed by atoms with Crippen molar-refractivity contribution >= 4 is 39.1 Å². The van der Waals surface area contributed by atoms with Crippen LogP contribution >= 0.6 is 11.6 Å². The van der Waals surface area contributed by atoms with Gasteiger partial charge >= 0.3 is 0 Å². The summed E-state index contributed by atoms with van der Waals surface area (Å²) in [4.78, 5) is 30.0. The lowest BCUT2D eigenvalue weighted by Gasteiger charge is -2.34. The molecule has 0 unspecified atom stereocenters. The van der Waals surface area contributed by atoms with Crippen LogP contribution in [0.1, 0.15) is 42.0 Å². The van der Waals surface area contributed by atoms with Crippen LogP contribution in [0.4, 0.5) is 5.69 Å². The number of carbonyl (C=O) groups excluding carboxylic acids is 2. The van der Waals surface area contributed by atoms with Gasteiger partial charge in [-0.15, -0.1) is 0 Å². The molecule has 10 heteroatoms. The monoisotopic (exact) mass is 675 g/mol. The molecular formula is C37H42ClN3O5S. The highest BCUT2D eigenvalue weighted by molar-refractivity contribution is 7.92. The summed E-state index contributed by atoms with van der Waals surface area (Å²) in [5, 5.41) is 3.39. The minimum absolute atomic E-state index is 0.00887. The van der Waals surface area contributed by atoms with Crippen molar-refractivity contribution in [3.05, 3.63) is 124 Å². The number of aryl methyl sites for hydroxylation is 2. The number of methoxy groups -OCH3 is 1. The van der Waals surface area contributed by atoms with Crippen molar-refractivity contribution < 1.29 is 22.7 Å². The van der Waals surface area contributed by atoms with Gasteiger partial charge in [-0.05, 0) is 91.1 Å². The first-order valence-electron chi connectivity index (χ1n) is 15.6. The molecule has 0 aliphatic carbocycles. The standard InChI is InChI=1S/C37H42ClN3O5S/c1-5-6-21-39-37(43)35(24-29-11-8-7-9-12-29)40(25-30-13-10-14-33(23-30)46-4)36(42)26-41(32-18-15-27(2)28(3)22-32)47(44,45)34-19-16-31(38)17-20-34/h7-20,22-23,35H,5-6,21,24-26H2,1-4H3,(H,39,43)/t35-/m1/s1. The number of nitrogens with zero attached hydrogens (tertiary/aromatic N) is 2. The Kier molecular flexibility index (Phi) is 12.4. The molecule has 2 amide bonds. The highest BCUT2D eigenvalue weighted by Crippen LogP contribution is 2.28. The molecule has 4 rings (SSSR count). The van der Waals surface area contributed by atoms with E-state index in [0.717, 1.165) is 39.4 Å². The summed E-state index contributed by atoms with van der Waals surface area (Å²) in [6.45, 7) is 5.83. The van der Waals surface area contributed by atoms with Gasteiger partial charge in [0.05, 0.1) is 17.7 Å². The Hall–Kier alpha value is -4.34. The summed E-state index contributed by atoms with van der Waals surface area (Å²) >= 11 is 6.08. The van der Waals surface area contributed by atoms with E-state index in [1.807, 2.05) is 69.3 Å². The Morgan fingerprint density at radius 3 is 2.23 bits per heavy atom. The molecule has 47 heavy (non-hydrogen) atoms. The van der Waals surface area contributed by atoms with Crippen LogP contribution < -0.4 is 14.4 Å². The Morgan fingerprint density at radius 1 is 0.872 bits per heavy atom. The number of hydrogen-bond donors (Lipinski definition) is 1. The zero-order chi connectivity index (χ0) is 34.0. The fourth-order valence-electron chi connectivity index (χ4n) is 5.17. The molecule has 0 aromatic heterocycles. The molecule has 0 spiro atoms. The number of benzene rings is 4. The number of anilines is 1. The molecule has 0 saturated carbocycles. The molecule has 0 fully saturated rings. The zero-order valence-electron chi connectivity index (χ0n) is 27.3. The summed E-state index contributed by atoms with van der Waals surface area (Å²) in [7, 11) is -2.67. The third-order valence-electron chi connectivity index (χ3n) is 8.05. The molecule has 4 aromatic rings. The highest BCUT2D eigenvalue weighted by atomic mass is 35.5. The van der Waals surface area contributed by atoms with E-state index in [1.54, 1.807) is 31.4 Å². The minimum atomic E-state index is -4.23. The van der Waals surface area contributed by atoms with Crippen molar-refractivity contribution in [1.82, 2.24) is 10.2 Å². The molecule has 0 saturated heterocycles. The van der Waals surface area contributed by atoms with Crippen molar-refractivity contribution in [2.45, 2.75) is 57.5 Å². The van der Waals surface area contributed by atoms with Crippen LogP contribution in [0, 0.1) is 13.8 Å². The number of nitrogens with one attached hydrogen (secondary N) is 1. The number of halogens is 1. The Morgan fingerprint density at radius 2 is 1.57 bits per heavy atom. The number of sulfonamides is 1. The van der Waals surface area contributed by atoms with Crippen LogP contribution in [0.2, 0.25) is 5.02 Å². The van der Waals surface area contributed by atoms with Gasteiger partial charge in [-0.25, -0.2) is 8.42 Å². The largest absolute Gasteiger partial charge is 0.497 e. The van der Waals surface area contributed by atoms with E-state index in [4.69, 9.17) is 16.3 Å². The Labute approximate surface area is 283 Å². The van der Waals surface area contributed by atoms with Crippen molar-refractivity contribution in [3.63, 3.8) is 0 Å². The molecule has 0 bridgehead atoms. The summed E-state index contributed by atoms with van der Waals surface area (Å²) < 4.78 is 35.0. The van der Waals surface area contributed by atoms with Gasteiger partial charge in [0.15, 0.2) is 0 Å². The van der Waals surface area contributed by atoms with Gasteiger partial charge in [0.25, 0.3) is 10.0 Å². The van der Waals surface area contributed by atoms with Gasteiger partial charge in [0.2, 0.25) is 11.8 Å². The zero-order valence-corrected chi connectivity index (χ0v) is 28.9. The van der Waals surface area contributed by atoms with Gasteiger partial charge in [-0.3, -0.25) is 13.9 Å². The molecule has 4 aromatic carbocycles. The van der Waals surface area contributed by atoms with Crippen LogP contribution in [0.25, 0.3) is 0 Å². The van der Waals surface area contributed by atoms with Crippen LogP contribution in [0.15, 0.2) is 102 Å². The van der Waals surface area contributed by atoms with Gasteiger partial charge in [-0.2, -0.15) is 0 Å². The lowest BCUT2D eigenvalue weighted by Crippen LogP contribution is -2.53. The number of rotatable bonds is 15. The second-order valence-corrected chi connectivity index (χ2v) is 13.8. The van der Waals surface area contributed by atoms with Crippen molar-refractivity contribution in [1.29, 1.82) is 0 Å². The van der Waals surface area contributed by atoms with Gasteiger partial charge < -0.3 is 15.0 Å².